The fraction of sp³-hybridized carbons (Fsp3) is 0.333. The molecular formula is C6H8O. The van der Waals surface area contributed by atoms with Gasteiger partial charge in [-0.05, 0) is 25.8 Å². The lowest BCUT2D eigenvalue weighted by Gasteiger charge is -1.76. The predicted octanol–water partition coefficient (Wildman–Crippen LogP) is 1.90. The van der Waals surface area contributed by atoms with E-state index in [-0.39, 0.29) is 0 Å². The average Bonchev–Trinajstić information content (AvgIpc) is 2.26. The summed E-state index contributed by atoms with van der Waals surface area (Å²) >= 11 is 0. The minimum absolute atomic E-state index is 0.693. The molecule has 1 aromatic heterocycles. The van der Waals surface area contributed by atoms with Crippen LogP contribution in [0, 0.1) is 13.7 Å². The van der Waals surface area contributed by atoms with E-state index in [0.717, 1.165) is 0 Å². The van der Waals surface area contributed by atoms with Gasteiger partial charge in [-0.1, -0.05) is 0 Å². The van der Waals surface area contributed by atoms with E-state index in [2.05, 4.69) is 4.42 Å². The summed E-state index contributed by atoms with van der Waals surface area (Å²) in [4.78, 5) is 0. The highest BCUT2D eigenvalue weighted by Gasteiger charge is 1.85. The number of aryl methyl sites for hydroxylation is 2. The van der Waals surface area contributed by atoms with Crippen molar-refractivity contribution in [2.24, 2.45) is 0 Å². The van der Waals surface area contributed by atoms with Crippen molar-refractivity contribution in [2.45, 2.75) is 13.7 Å². The van der Waals surface area contributed by atoms with Crippen LogP contribution in [0.15, 0.2) is 16.5 Å². The fourth-order valence-corrected chi connectivity index (χ4v) is 0.267. The Kier molecular flexibility index (Phi) is 0.173. The highest BCUT2D eigenvalue weighted by molar-refractivity contribution is 5.02. The van der Waals surface area contributed by atoms with Crippen molar-refractivity contribution in [1.29, 1.82) is 0 Å². The van der Waals surface area contributed by atoms with Gasteiger partial charge in [0, 0.05) is 8.22 Å². The molecule has 1 heteroatoms. The Labute approximate surface area is 54.2 Å². The summed E-state index contributed by atoms with van der Waals surface area (Å²) < 4.78 is 61.0. The highest BCUT2D eigenvalue weighted by atomic mass is 16.3. The van der Waals surface area contributed by atoms with Gasteiger partial charge in [0.25, 0.3) is 0 Å². The molecule has 0 saturated heterocycles. The van der Waals surface area contributed by atoms with Gasteiger partial charge in [0.2, 0.25) is 0 Å². The minimum atomic E-state index is -2.71. The lowest BCUT2D eigenvalue weighted by Crippen LogP contribution is -1.53. The number of hydrogen-bond donors (Lipinski definition) is 0. The van der Waals surface area contributed by atoms with Gasteiger partial charge in [-0.2, -0.15) is 0 Å². The number of furan rings is 1. The summed E-state index contributed by atoms with van der Waals surface area (Å²) in [7, 11) is 0. The summed E-state index contributed by atoms with van der Waals surface area (Å²) in [6, 6.07) is -1.39. The van der Waals surface area contributed by atoms with Crippen molar-refractivity contribution in [3.8, 4) is 0 Å². The van der Waals surface area contributed by atoms with Crippen molar-refractivity contribution in [2.75, 3.05) is 0 Å². The third kappa shape index (κ3) is 0.829. The minimum Gasteiger partial charge on any atom is -0.467 e. The smallest absolute Gasteiger partial charge is 0.101 e. The summed E-state index contributed by atoms with van der Waals surface area (Å²) in [5.74, 6) is -1.50. The van der Waals surface area contributed by atoms with Crippen molar-refractivity contribution < 1.29 is 15.4 Å². The second-order valence-electron chi connectivity index (χ2n) is 1.01. The third-order valence-electron chi connectivity index (χ3n) is 0.494. The van der Waals surface area contributed by atoms with Gasteiger partial charge in [-0.3, -0.25) is 0 Å². The quantitative estimate of drug-likeness (QED) is 0.490. The van der Waals surface area contributed by atoms with Gasteiger partial charge in [0.1, 0.15) is 11.5 Å². The summed E-state index contributed by atoms with van der Waals surface area (Å²) in [5.41, 5.74) is 0. The van der Waals surface area contributed by atoms with Gasteiger partial charge < -0.3 is 4.42 Å². The Morgan fingerprint density at radius 3 is 2.43 bits per heavy atom. The van der Waals surface area contributed by atoms with Crippen LogP contribution in [0.25, 0.3) is 0 Å². The lowest BCUT2D eigenvalue weighted by atomic mass is 10.5. The Balaban J connectivity index is 3.38. The molecule has 0 unspecified atom stereocenters. The molecule has 0 aliphatic carbocycles. The average molecular weight is 104 g/mol. The van der Waals surface area contributed by atoms with Crippen LogP contribution in [0.1, 0.15) is 22.5 Å². The molecule has 0 saturated carbocycles. The van der Waals surface area contributed by atoms with E-state index in [9.17, 15) is 0 Å². The molecule has 0 aliphatic rings. The molecule has 0 radical (unpaired) electrons. The lowest BCUT2D eigenvalue weighted by molar-refractivity contribution is 0.504. The summed E-state index contributed by atoms with van der Waals surface area (Å²) in [6.07, 6.45) is 0. The van der Waals surface area contributed by atoms with Crippen LogP contribution in [0.4, 0.5) is 0 Å². The van der Waals surface area contributed by atoms with Crippen LogP contribution < -0.4 is 0 Å². The van der Waals surface area contributed by atoms with E-state index < -0.39 is 37.3 Å². The molecule has 0 N–H and O–H groups in total. The molecule has 7 heavy (non-hydrogen) atoms. The normalized spacial score (nSPS) is 29.7. The monoisotopic (exact) mass is 104 g/mol. The zero-order chi connectivity index (χ0) is 12.0. The van der Waals surface area contributed by atoms with Gasteiger partial charge >= 0.3 is 0 Å². The second-order valence-corrected chi connectivity index (χ2v) is 1.01. The van der Waals surface area contributed by atoms with Crippen molar-refractivity contribution >= 4 is 0 Å². The van der Waals surface area contributed by atoms with Crippen LogP contribution in [-0.4, -0.2) is 0 Å². The maximum absolute atomic E-state index is 7.26. The van der Waals surface area contributed by atoms with Crippen molar-refractivity contribution in [3.05, 3.63) is 23.6 Å². The number of rotatable bonds is 0. The van der Waals surface area contributed by atoms with E-state index >= 15 is 0 Å². The first kappa shape index (κ1) is 0.859. The molecule has 0 spiro atoms. The molecular weight excluding hydrogens is 88.1 g/mol. The zero-order valence-corrected chi connectivity index (χ0v) is 3.41. The van der Waals surface area contributed by atoms with E-state index in [1.165, 1.54) is 0 Å². The zero-order valence-electron chi connectivity index (χ0n) is 11.4. The Morgan fingerprint density at radius 2 is 2.14 bits per heavy atom. The topological polar surface area (TPSA) is 13.1 Å². The fourth-order valence-electron chi connectivity index (χ4n) is 0.267. The number of hydrogen-bond acceptors (Lipinski definition) is 1. The SMILES string of the molecule is [2H]c1c(C([2H])([2H])[2H])oc(C([2H])([2H])[2H])c1[2H]. The maximum atomic E-state index is 7.26. The van der Waals surface area contributed by atoms with Crippen LogP contribution >= 0.6 is 0 Å². The molecule has 1 rings (SSSR count). The van der Waals surface area contributed by atoms with E-state index in [1.807, 2.05) is 0 Å². The predicted molar refractivity (Wildman–Crippen MR) is 28.2 cm³/mol. The van der Waals surface area contributed by atoms with E-state index in [0.29, 0.717) is 0 Å². The molecule has 0 aliphatic heterocycles. The summed E-state index contributed by atoms with van der Waals surface area (Å²) in [6.45, 7) is -5.42. The van der Waals surface area contributed by atoms with Gasteiger partial charge in [0.15, 0.2) is 0 Å². The van der Waals surface area contributed by atoms with Crippen LogP contribution in [0.2, 0.25) is 0 Å². The summed E-state index contributed by atoms with van der Waals surface area (Å²) in [5, 5.41) is 0. The molecule has 0 fully saturated rings. The molecule has 38 valence electrons. The molecule has 1 heterocycles. The molecule has 0 atom stereocenters. The van der Waals surface area contributed by atoms with Gasteiger partial charge in [-0.25, -0.2) is 0 Å². The van der Waals surface area contributed by atoms with Gasteiger partial charge in [0.05, 0.1) is 2.74 Å². The third-order valence-corrected chi connectivity index (χ3v) is 0.494. The van der Waals surface area contributed by atoms with Crippen LogP contribution in [-0.2, 0) is 0 Å². The molecule has 0 aromatic carbocycles. The largest absolute Gasteiger partial charge is 0.467 e. The van der Waals surface area contributed by atoms with Crippen molar-refractivity contribution in [3.63, 3.8) is 0 Å². The Bertz CT molecular complexity index is 335. The first-order chi connectivity index (χ1) is 6.55. The highest BCUT2D eigenvalue weighted by Crippen LogP contribution is 2.02. The van der Waals surface area contributed by atoms with Crippen LogP contribution in [0.5, 0.6) is 0 Å². The molecule has 0 amide bonds. The van der Waals surface area contributed by atoms with E-state index in [1.54, 1.807) is 0 Å². The van der Waals surface area contributed by atoms with Crippen molar-refractivity contribution in [1.82, 2.24) is 0 Å². The standard InChI is InChI=1S/C6H8O/c1-5-3-4-6(2)7-5/h3-4H,1-2H3/i1D3,2D3,3D,4D. The molecule has 1 nitrogen and oxygen atoms in total. The Morgan fingerprint density at radius 1 is 1.57 bits per heavy atom. The Hall–Kier alpha value is -0.720. The van der Waals surface area contributed by atoms with Gasteiger partial charge in [-0.15, -0.1) is 0 Å². The molecule has 0 bridgehead atoms. The first-order valence-electron chi connectivity index (χ1n) is 5.66. The second kappa shape index (κ2) is 1.41. The van der Waals surface area contributed by atoms with E-state index in [4.69, 9.17) is 11.0 Å². The maximum Gasteiger partial charge on any atom is 0.101 e. The van der Waals surface area contributed by atoms with Crippen LogP contribution in [0.3, 0.4) is 0 Å². The molecule has 1 aromatic rings. The first-order valence-corrected chi connectivity index (χ1v) is 1.66.